The summed E-state index contributed by atoms with van der Waals surface area (Å²) in [6, 6.07) is 14.0. The zero-order valence-electron chi connectivity index (χ0n) is 16.3. The SMILES string of the molecule is Cc1c[nH]c2ncnc(-c3ccc(NC(=O)N(CCO)c4ccc(Cl)cc4)cc3)c12. The summed E-state index contributed by atoms with van der Waals surface area (Å²) in [6.45, 7) is 2.01. The first-order valence-electron chi connectivity index (χ1n) is 9.41. The molecule has 7 nitrogen and oxygen atoms in total. The van der Waals surface area contributed by atoms with Crippen LogP contribution in [0.25, 0.3) is 22.3 Å². The molecule has 0 spiro atoms. The lowest BCUT2D eigenvalue weighted by atomic mass is 10.1. The lowest BCUT2D eigenvalue weighted by molar-refractivity contribution is 0.252. The quantitative estimate of drug-likeness (QED) is 0.438. The molecule has 3 N–H and O–H groups in total. The van der Waals surface area contributed by atoms with E-state index in [1.807, 2.05) is 37.4 Å². The van der Waals surface area contributed by atoms with Gasteiger partial charge in [0.1, 0.15) is 12.0 Å². The lowest BCUT2D eigenvalue weighted by Crippen LogP contribution is -2.37. The van der Waals surface area contributed by atoms with E-state index in [1.54, 1.807) is 24.3 Å². The first-order valence-corrected chi connectivity index (χ1v) is 9.78. The topological polar surface area (TPSA) is 94.1 Å². The number of urea groups is 1. The number of fused-ring (bicyclic) bond motifs is 1. The number of aliphatic hydroxyl groups excluding tert-OH is 1. The zero-order valence-corrected chi connectivity index (χ0v) is 17.0. The number of rotatable bonds is 5. The summed E-state index contributed by atoms with van der Waals surface area (Å²) in [5.41, 5.74) is 4.90. The van der Waals surface area contributed by atoms with Gasteiger partial charge in [-0.05, 0) is 48.9 Å². The third-order valence-corrected chi connectivity index (χ3v) is 5.04. The van der Waals surface area contributed by atoms with Crippen LogP contribution < -0.4 is 10.2 Å². The molecule has 8 heteroatoms. The van der Waals surface area contributed by atoms with Crippen molar-refractivity contribution in [1.82, 2.24) is 15.0 Å². The number of nitrogens with one attached hydrogen (secondary N) is 2. The number of anilines is 2. The average Bonchev–Trinajstić information content (AvgIpc) is 3.14. The Labute approximate surface area is 178 Å². The van der Waals surface area contributed by atoms with Gasteiger partial charge in [0.15, 0.2) is 0 Å². The van der Waals surface area contributed by atoms with Crippen molar-refractivity contribution in [2.45, 2.75) is 6.92 Å². The average molecular weight is 422 g/mol. The number of hydrogen-bond donors (Lipinski definition) is 3. The van der Waals surface area contributed by atoms with Gasteiger partial charge >= 0.3 is 6.03 Å². The molecule has 0 fully saturated rings. The van der Waals surface area contributed by atoms with Crippen LogP contribution in [0.4, 0.5) is 16.2 Å². The summed E-state index contributed by atoms with van der Waals surface area (Å²) >= 11 is 5.93. The van der Waals surface area contributed by atoms with Crippen LogP contribution >= 0.6 is 11.6 Å². The monoisotopic (exact) mass is 421 g/mol. The van der Waals surface area contributed by atoms with Gasteiger partial charge in [-0.25, -0.2) is 14.8 Å². The number of amides is 2. The normalized spacial score (nSPS) is 10.9. The summed E-state index contributed by atoms with van der Waals surface area (Å²) in [6.07, 6.45) is 3.44. The molecule has 2 aromatic heterocycles. The smallest absolute Gasteiger partial charge is 0.326 e. The summed E-state index contributed by atoms with van der Waals surface area (Å²) in [5, 5.41) is 13.8. The van der Waals surface area contributed by atoms with Crippen LogP contribution in [-0.2, 0) is 0 Å². The number of carbonyl (C=O) groups excluding carboxylic acids is 1. The molecule has 0 saturated heterocycles. The van der Waals surface area contributed by atoms with Crippen molar-refractivity contribution in [3.63, 3.8) is 0 Å². The zero-order chi connectivity index (χ0) is 21.1. The fourth-order valence-electron chi connectivity index (χ4n) is 3.31. The maximum atomic E-state index is 12.8. The van der Waals surface area contributed by atoms with Crippen LogP contribution in [-0.4, -0.2) is 39.2 Å². The predicted octanol–water partition coefficient (Wildman–Crippen LogP) is 4.62. The van der Waals surface area contributed by atoms with Gasteiger partial charge in [-0.2, -0.15) is 0 Å². The molecule has 0 bridgehead atoms. The molecule has 0 aliphatic carbocycles. The van der Waals surface area contributed by atoms with Crippen molar-refractivity contribution in [3.8, 4) is 11.3 Å². The van der Waals surface area contributed by atoms with Crippen LogP contribution in [0.5, 0.6) is 0 Å². The van der Waals surface area contributed by atoms with Crippen molar-refractivity contribution < 1.29 is 9.90 Å². The van der Waals surface area contributed by atoms with E-state index in [1.165, 1.54) is 11.2 Å². The highest BCUT2D eigenvalue weighted by Gasteiger charge is 2.16. The Bertz CT molecular complexity index is 1170. The molecule has 2 heterocycles. The number of halogens is 1. The van der Waals surface area contributed by atoms with E-state index in [-0.39, 0.29) is 19.2 Å². The predicted molar refractivity (Wildman–Crippen MR) is 119 cm³/mol. The van der Waals surface area contributed by atoms with E-state index in [4.69, 9.17) is 11.6 Å². The number of hydrogen-bond acceptors (Lipinski definition) is 4. The van der Waals surface area contributed by atoms with Gasteiger partial charge in [-0.1, -0.05) is 23.7 Å². The number of aryl methyl sites for hydroxylation is 1. The minimum Gasteiger partial charge on any atom is -0.395 e. The fourth-order valence-corrected chi connectivity index (χ4v) is 3.43. The molecule has 2 aromatic carbocycles. The number of aromatic amines is 1. The van der Waals surface area contributed by atoms with E-state index >= 15 is 0 Å². The van der Waals surface area contributed by atoms with E-state index in [0.29, 0.717) is 16.4 Å². The van der Waals surface area contributed by atoms with Gasteiger partial charge in [-0.3, -0.25) is 4.90 Å². The van der Waals surface area contributed by atoms with E-state index in [9.17, 15) is 9.90 Å². The van der Waals surface area contributed by atoms with E-state index in [2.05, 4.69) is 20.3 Å². The first kappa shape index (κ1) is 19.9. The maximum Gasteiger partial charge on any atom is 0.326 e. The second-order valence-electron chi connectivity index (χ2n) is 6.78. The second-order valence-corrected chi connectivity index (χ2v) is 7.21. The van der Waals surface area contributed by atoms with Crippen LogP contribution in [0.1, 0.15) is 5.56 Å². The number of aromatic nitrogens is 3. The Hall–Kier alpha value is -3.42. The molecular weight excluding hydrogens is 402 g/mol. The molecule has 30 heavy (non-hydrogen) atoms. The molecule has 4 rings (SSSR count). The minimum absolute atomic E-state index is 0.158. The molecule has 0 aliphatic rings. The molecule has 0 unspecified atom stereocenters. The van der Waals surface area contributed by atoms with Crippen LogP contribution in [0.15, 0.2) is 61.1 Å². The molecule has 4 aromatic rings. The highest BCUT2D eigenvalue weighted by Crippen LogP contribution is 2.28. The van der Waals surface area contributed by atoms with Gasteiger partial charge < -0.3 is 15.4 Å². The molecule has 2 amide bonds. The van der Waals surface area contributed by atoms with Crippen molar-refractivity contribution in [3.05, 3.63) is 71.6 Å². The second kappa shape index (κ2) is 8.52. The Morgan fingerprint density at radius 2 is 1.87 bits per heavy atom. The maximum absolute atomic E-state index is 12.8. The first-order chi connectivity index (χ1) is 14.6. The number of nitrogens with zero attached hydrogens (tertiary/aromatic N) is 3. The van der Waals surface area contributed by atoms with Crippen molar-refractivity contribution in [2.75, 3.05) is 23.4 Å². The number of aliphatic hydroxyl groups is 1. The van der Waals surface area contributed by atoms with Gasteiger partial charge in [0.05, 0.1) is 18.8 Å². The summed E-state index contributed by atoms with van der Waals surface area (Å²) in [5.74, 6) is 0. The van der Waals surface area contributed by atoms with Crippen molar-refractivity contribution in [1.29, 1.82) is 0 Å². The van der Waals surface area contributed by atoms with E-state index in [0.717, 1.165) is 27.9 Å². The number of carbonyl (C=O) groups is 1. The summed E-state index contributed by atoms with van der Waals surface area (Å²) in [7, 11) is 0. The molecular formula is C22H20ClN5O2. The fraction of sp³-hybridized carbons (Fsp3) is 0.136. The van der Waals surface area contributed by atoms with Crippen LogP contribution in [0.2, 0.25) is 5.02 Å². The standard InChI is InChI=1S/C22H20ClN5O2/c1-14-12-24-21-19(14)20(25-13-26-21)15-2-6-17(7-3-15)27-22(30)28(10-11-29)18-8-4-16(23)5-9-18/h2-9,12-13,29H,10-11H2,1H3,(H,27,30)(H,24,25,26). The molecule has 0 atom stereocenters. The highest BCUT2D eigenvalue weighted by atomic mass is 35.5. The van der Waals surface area contributed by atoms with Gasteiger partial charge in [0, 0.05) is 33.5 Å². The largest absolute Gasteiger partial charge is 0.395 e. The molecule has 0 saturated carbocycles. The van der Waals surface area contributed by atoms with Crippen molar-refractivity contribution in [2.24, 2.45) is 0 Å². The van der Waals surface area contributed by atoms with Crippen LogP contribution in [0, 0.1) is 6.92 Å². The third kappa shape index (κ3) is 3.98. The van der Waals surface area contributed by atoms with Gasteiger partial charge in [-0.15, -0.1) is 0 Å². The van der Waals surface area contributed by atoms with Gasteiger partial charge in [0.2, 0.25) is 0 Å². The Morgan fingerprint density at radius 3 is 2.57 bits per heavy atom. The molecule has 0 aliphatic heterocycles. The molecule has 152 valence electrons. The minimum atomic E-state index is -0.343. The lowest BCUT2D eigenvalue weighted by Gasteiger charge is -2.22. The number of benzene rings is 2. The Kier molecular flexibility index (Phi) is 5.65. The third-order valence-electron chi connectivity index (χ3n) is 4.78. The highest BCUT2D eigenvalue weighted by molar-refractivity contribution is 6.30. The number of H-pyrrole nitrogens is 1. The summed E-state index contributed by atoms with van der Waals surface area (Å²) < 4.78 is 0. The van der Waals surface area contributed by atoms with Gasteiger partial charge in [0.25, 0.3) is 0 Å². The summed E-state index contributed by atoms with van der Waals surface area (Å²) in [4.78, 5) is 26.1. The Morgan fingerprint density at radius 1 is 1.13 bits per heavy atom. The van der Waals surface area contributed by atoms with E-state index < -0.39 is 0 Å². The Balaban J connectivity index is 1.55. The molecule has 0 radical (unpaired) electrons. The van der Waals surface area contributed by atoms with Crippen LogP contribution in [0.3, 0.4) is 0 Å². The van der Waals surface area contributed by atoms with Crippen molar-refractivity contribution >= 4 is 40.0 Å².